The van der Waals surface area contributed by atoms with Crippen molar-refractivity contribution in [3.05, 3.63) is 23.3 Å². The number of aromatic nitrogens is 4. The standard InChI is InChI=1S/C14H22N6O2.ClH/c1-10-8-11(2)20-14(17-10)18-12(19-20)9-13(21)16-5-4-15-6-7-22-3;/h8,15H,4-7,9H2,1-3H3,(H,16,21);1H. The van der Waals surface area contributed by atoms with Gasteiger partial charge in [-0.3, -0.25) is 4.79 Å². The summed E-state index contributed by atoms with van der Waals surface area (Å²) in [5.74, 6) is 0.909. The summed E-state index contributed by atoms with van der Waals surface area (Å²) in [7, 11) is 1.66. The van der Waals surface area contributed by atoms with Gasteiger partial charge in [-0.2, -0.15) is 4.98 Å². The molecule has 0 spiro atoms. The van der Waals surface area contributed by atoms with Gasteiger partial charge in [-0.1, -0.05) is 0 Å². The largest absolute Gasteiger partial charge is 0.383 e. The third-order valence-corrected chi connectivity index (χ3v) is 3.09. The fourth-order valence-electron chi connectivity index (χ4n) is 2.08. The van der Waals surface area contributed by atoms with Crippen molar-refractivity contribution in [2.45, 2.75) is 20.3 Å². The number of methoxy groups -OCH3 is 1. The van der Waals surface area contributed by atoms with Gasteiger partial charge in [0.2, 0.25) is 5.91 Å². The van der Waals surface area contributed by atoms with E-state index >= 15 is 0 Å². The Morgan fingerprint density at radius 1 is 1.26 bits per heavy atom. The number of aryl methyl sites for hydroxylation is 2. The molecule has 0 radical (unpaired) electrons. The predicted molar refractivity (Wildman–Crippen MR) is 89.0 cm³/mol. The van der Waals surface area contributed by atoms with Gasteiger partial charge in [0.25, 0.3) is 5.78 Å². The lowest BCUT2D eigenvalue weighted by Gasteiger charge is -2.05. The Hall–Kier alpha value is -1.77. The van der Waals surface area contributed by atoms with Crippen molar-refractivity contribution in [2.75, 3.05) is 33.4 Å². The van der Waals surface area contributed by atoms with Gasteiger partial charge in [0, 0.05) is 38.1 Å². The van der Waals surface area contributed by atoms with Gasteiger partial charge in [0.15, 0.2) is 5.82 Å². The molecular formula is C14H23ClN6O2. The van der Waals surface area contributed by atoms with Crippen molar-refractivity contribution in [1.29, 1.82) is 0 Å². The summed E-state index contributed by atoms with van der Waals surface area (Å²) in [5, 5.41) is 10.3. The molecule has 0 unspecified atom stereocenters. The first-order chi connectivity index (χ1) is 10.6. The van der Waals surface area contributed by atoms with Crippen LogP contribution >= 0.6 is 12.4 Å². The number of ether oxygens (including phenoxy) is 1. The molecule has 0 aliphatic rings. The molecule has 2 rings (SSSR count). The Morgan fingerprint density at radius 3 is 2.78 bits per heavy atom. The lowest BCUT2D eigenvalue weighted by Crippen LogP contribution is -2.34. The van der Waals surface area contributed by atoms with Gasteiger partial charge in [0.1, 0.15) is 0 Å². The number of amides is 1. The summed E-state index contributed by atoms with van der Waals surface area (Å²) in [6.07, 6.45) is 0.153. The van der Waals surface area contributed by atoms with Gasteiger partial charge in [-0.25, -0.2) is 9.50 Å². The van der Waals surface area contributed by atoms with Crippen LogP contribution in [0.2, 0.25) is 0 Å². The molecule has 0 saturated carbocycles. The summed E-state index contributed by atoms with van der Waals surface area (Å²) >= 11 is 0. The van der Waals surface area contributed by atoms with E-state index in [9.17, 15) is 4.79 Å². The molecule has 2 aromatic rings. The number of rotatable bonds is 8. The second-order valence-corrected chi connectivity index (χ2v) is 5.05. The second kappa shape index (κ2) is 9.39. The molecule has 0 fully saturated rings. The number of carbonyl (C=O) groups excluding carboxylic acids is 1. The van der Waals surface area contributed by atoms with Crippen LogP contribution in [0.25, 0.3) is 5.78 Å². The number of hydrogen-bond acceptors (Lipinski definition) is 6. The second-order valence-electron chi connectivity index (χ2n) is 5.05. The molecule has 8 nitrogen and oxygen atoms in total. The Balaban J connectivity index is 0.00000264. The molecule has 128 valence electrons. The number of nitrogens with zero attached hydrogens (tertiary/aromatic N) is 4. The van der Waals surface area contributed by atoms with Crippen LogP contribution < -0.4 is 10.6 Å². The quantitative estimate of drug-likeness (QED) is 0.659. The minimum Gasteiger partial charge on any atom is -0.383 e. The third kappa shape index (κ3) is 5.74. The fraction of sp³-hybridized carbons (Fsp3) is 0.571. The number of hydrogen-bond donors (Lipinski definition) is 2. The molecule has 0 atom stereocenters. The van der Waals surface area contributed by atoms with E-state index in [1.807, 2.05) is 19.9 Å². The van der Waals surface area contributed by atoms with Crippen molar-refractivity contribution in [1.82, 2.24) is 30.2 Å². The highest BCUT2D eigenvalue weighted by atomic mass is 35.5. The molecule has 2 N–H and O–H groups in total. The Labute approximate surface area is 141 Å². The van der Waals surface area contributed by atoms with Crippen LogP contribution in [0.3, 0.4) is 0 Å². The van der Waals surface area contributed by atoms with E-state index in [1.165, 1.54) is 0 Å². The molecular weight excluding hydrogens is 320 g/mol. The summed E-state index contributed by atoms with van der Waals surface area (Å²) in [6, 6.07) is 1.93. The lowest BCUT2D eigenvalue weighted by molar-refractivity contribution is -0.120. The van der Waals surface area contributed by atoms with Crippen LogP contribution in [-0.4, -0.2) is 58.8 Å². The van der Waals surface area contributed by atoms with Crippen LogP contribution in [0.4, 0.5) is 0 Å². The maximum atomic E-state index is 11.9. The molecule has 23 heavy (non-hydrogen) atoms. The number of fused-ring (bicyclic) bond motifs is 1. The summed E-state index contributed by atoms with van der Waals surface area (Å²) in [5.41, 5.74) is 1.83. The first-order valence-corrected chi connectivity index (χ1v) is 7.26. The van der Waals surface area contributed by atoms with Crippen LogP contribution in [0, 0.1) is 13.8 Å². The maximum Gasteiger partial charge on any atom is 0.252 e. The van der Waals surface area contributed by atoms with E-state index in [2.05, 4.69) is 25.7 Å². The number of halogens is 1. The average molecular weight is 343 g/mol. The monoisotopic (exact) mass is 342 g/mol. The summed E-state index contributed by atoms with van der Waals surface area (Å²) in [4.78, 5) is 20.5. The van der Waals surface area contributed by atoms with Crippen molar-refractivity contribution >= 4 is 24.1 Å². The normalized spacial score (nSPS) is 10.6. The van der Waals surface area contributed by atoms with Crippen LogP contribution in [0.5, 0.6) is 0 Å². The highest BCUT2D eigenvalue weighted by Gasteiger charge is 2.11. The summed E-state index contributed by atoms with van der Waals surface area (Å²) < 4.78 is 6.58. The smallest absolute Gasteiger partial charge is 0.252 e. The van der Waals surface area contributed by atoms with Crippen LogP contribution in [0.15, 0.2) is 6.07 Å². The first kappa shape index (κ1) is 19.3. The molecule has 9 heteroatoms. The SMILES string of the molecule is COCCNCCNC(=O)Cc1nc2nc(C)cc(C)n2n1.Cl. The van der Waals surface area contributed by atoms with Gasteiger partial charge in [-0.05, 0) is 19.9 Å². The molecule has 1 amide bonds. The number of nitrogens with one attached hydrogen (secondary N) is 2. The highest BCUT2D eigenvalue weighted by molar-refractivity contribution is 5.85. The molecule has 0 aliphatic carbocycles. The van der Waals surface area contributed by atoms with Crippen LogP contribution in [0.1, 0.15) is 17.2 Å². The van der Waals surface area contributed by atoms with Gasteiger partial charge in [0.05, 0.1) is 13.0 Å². The van der Waals surface area contributed by atoms with Crippen molar-refractivity contribution in [3.8, 4) is 0 Å². The Morgan fingerprint density at radius 2 is 2.04 bits per heavy atom. The maximum absolute atomic E-state index is 11.9. The van der Waals surface area contributed by atoms with Crippen molar-refractivity contribution < 1.29 is 9.53 Å². The summed E-state index contributed by atoms with van der Waals surface area (Å²) in [6.45, 7) is 6.53. The zero-order valence-electron chi connectivity index (χ0n) is 13.6. The van der Waals surface area contributed by atoms with Crippen molar-refractivity contribution in [3.63, 3.8) is 0 Å². The predicted octanol–water partition coefficient (Wildman–Crippen LogP) is 0.0576. The van der Waals surface area contributed by atoms with E-state index in [0.29, 0.717) is 31.3 Å². The minimum atomic E-state index is -0.0983. The lowest BCUT2D eigenvalue weighted by atomic mass is 10.4. The van der Waals surface area contributed by atoms with E-state index in [0.717, 1.165) is 17.9 Å². The van der Waals surface area contributed by atoms with E-state index in [-0.39, 0.29) is 24.7 Å². The fourth-order valence-corrected chi connectivity index (χ4v) is 2.08. The van der Waals surface area contributed by atoms with E-state index in [4.69, 9.17) is 4.74 Å². The number of carbonyl (C=O) groups is 1. The molecule has 2 heterocycles. The zero-order chi connectivity index (χ0) is 15.9. The Kier molecular flexibility index (Phi) is 7.87. The minimum absolute atomic E-state index is 0. The van der Waals surface area contributed by atoms with Gasteiger partial charge < -0.3 is 15.4 Å². The molecule has 0 aromatic carbocycles. The first-order valence-electron chi connectivity index (χ1n) is 7.26. The van der Waals surface area contributed by atoms with Gasteiger partial charge in [-0.15, -0.1) is 17.5 Å². The van der Waals surface area contributed by atoms with Crippen LogP contribution in [-0.2, 0) is 16.0 Å². The third-order valence-electron chi connectivity index (χ3n) is 3.09. The molecule has 0 bridgehead atoms. The Bertz CT molecular complexity index is 645. The topological polar surface area (TPSA) is 93.4 Å². The molecule has 2 aromatic heterocycles. The molecule has 0 aliphatic heterocycles. The average Bonchev–Trinajstić information content (AvgIpc) is 2.85. The van der Waals surface area contributed by atoms with Crippen molar-refractivity contribution in [2.24, 2.45) is 0 Å². The zero-order valence-corrected chi connectivity index (χ0v) is 14.4. The van der Waals surface area contributed by atoms with E-state index in [1.54, 1.807) is 11.6 Å². The van der Waals surface area contributed by atoms with E-state index < -0.39 is 0 Å². The highest BCUT2D eigenvalue weighted by Crippen LogP contribution is 2.05. The van der Waals surface area contributed by atoms with Gasteiger partial charge >= 0.3 is 0 Å². The molecule has 0 saturated heterocycles.